The molecule has 26 heavy (non-hydrogen) atoms. The third-order valence-electron chi connectivity index (χ3n) is 4.85. The second-order valence-corrected chi connectivity index (χ2v) is 7.25. The molecule has 0 bridgehead atoms. The Labute approximate surface area is 156 Å². The zero-order chi connectivity index (χ0) is 19.1. The van der Waals surface area contributed by atoms with Gasteiger partial charge in [-0.25, -0.2) is 0 Å². The van der Waals surface area contributed by atoms with E-state index in [-0.39, 0.29) is 25.0 Å². The summed E-state index contributed by atoms with van der Waals surface area (Å²) in [6.45, 7) is 7.77. The molecule has 0 spiro atoms. The van der Waals surface area contributed by atoms with Crippen molar-refractivity contribution in [2.75, 3.05) is 47.0 Å². The van der Waals surface area contributed by atoms with Crippen LogP contribution in [0.25, 0.3) is 0 Å². The normalized spacial score (nSPS) is 18.2. The molecule has 146 valence electrons. The molecule has 0 radical (unpaired) electrons. The summed E-state index contributed by atoms with van der Waals surface area (Å²) in [6.07, 6.45) is 0.982. The van der Waals surface area contributed by atoms with Crippen LogP contribution in [0.4, 0.5) is 0 Å². The lowest BCUT2D eigenvalue weighted by atomic mass is 10.0. The van der Waals surface area contributed by atoms with Gasteiger partial charge in [-0.3, -0.25) is 9.69 Å². The smallest absolute Gasteiger partial charge is 0.227 e. The number of aliphatic hydroxyl groups excluding tert-OH is 1. The van der Waals surface area contributed by atoms with Crippen LogP contribution in [-0.4, -0.2) is 73.9 Å². The summed E-state index contributed by atoms with van der Waals surface area (Å²) in [5, 5.41) is 9.40. The first kappa shape index (κ1) is 20.5. The van der Waals surface area contributed by atoms with Crippen LogP contribution >= 0.6 is 0 Å². The summed E-state index contributed by atoms with van der Waals surface area (Å²) in [4.78, 5) is 17.2. The molecule has 1 aromatic rings. The Morgan fingerprint density at radius 3 is 2.65 bits per heavy atom. The van der Waals surface area contributed by atoms with Gasteiger partial charge in [0, 0.05) is 44.4 Å². The number of carbonyl (C=O) groups is 1. The minimum Gasteiger partial charge on any atom is -0.497 e. The monoisotopic (exact) mass is 364 g/mol. The predicted octanol–water partition coefficient (Wildman–Crippen LogP) is 1.80. The summed E-state index contributed by atoms with van der Waals surface area (Å²) >= 11 is 0. The van der Waals surface area contributed by atoms with Gasteiger partial charge in [-0.2, -0.15) is 0 Å². The van der Waals surface area contributed by atoms with E-state index in [9.17, 15) is 9.90 Å². The summed E-state index contributed by atoms with van der Waals surface area (Å²) in [7, 11) is 3.22. The first-order valence-electron chi connectivity index (χ1n) is 9.32. The molecule has 1 N–H and O–H groups in total. The van der Waals surface area contributed by atoms with Crippen LogP contribution in [0.2, 0.25) is 0 Å². The lowest BCUT2D eigenvalue weighted by Gasteiger charge is -2.42. The van der Waals surface area contributed by atoms with Crippen LogP contribution in [0.1, 0.15) is 25.8 Å². The maximum absolute atomic E-state index is 12.9. The van der Waals surface area contributed by atoms with Crippen molar-refractivity contribution in [3.05, 3.63) is 23.8 Å². The Morgan fingerprint density at radius 2 is 2.04 bits per heavy atom. The van der Waals surface area contributed by atoms with Gasteiger partial charge < -0.3 is 19.5 Å². The first-order valence-corrected chi connectivity index (χ1v) is 9.32. The number of piperazine rings is 1. The average Bonchev–Trinajstić information content (AvgIpc) is 2.62. The van der Waals surface area contributed by atoms with Gasteiger partial charge in [-0.1, -0.05) is 13.8 Å². The summed E-state index contributed by atoms with van der Waals surface area (Å²) in [5.41, 5.74) is 0.833. The van der Waals surface area contributed by atoms with Gasteiger partial charge in [0.1, 0.15) is 11.5 Å². The molecule has 0 aliphatic carbocycles. The summed E-state index contributed by atoms with van der Waals surface area (Å²) in [5.74, 6) is 2.07. The molecule has 1 heterocycles. The fraction of sp³-hybridized carbons (Fsp3) is 0.650. The fourth-order valence-electron chi connectivity index (χ4n) is 3.55. The van der Waals surface area contributed by atoms with Gasteiger partial charge in [0.25, 0.3) is 0 Å². The highest BCUT2D eigenvalue weighted by Gasteiger charge is 2.29. The molecule has 1 fully saturated rings. The third kappa shape index (κ3) is 5.35. The van der Waals surface area contributed by atoms with E-state index in [4.69, 9.17) is 9.47 Å². The van der Waals surface area contributed by atoms with Crippen LogP contribution in [0, 0.1) is 5.92 Å². The summed E-state index contributed by atoms with van der Waals surface area (Å²) in [6, 6.07) is 5.73. The van der Waals surface area contributed by atoms with Crippen molar-refractivity contribution in [1.82, 2.24) is 9.80 Å². The molecule has 0 unspecified atom stereocenters. The Balaban J connectivity index is 2.06. The highest BCUT2D eigenvalue weighted by molar-refractivity contribution is 5.80. The first-order chi connectivity index (χ1) is 12.5. The number of benzene rings is 1. The Hall–Kier alpha value is -1.79. The van der Waals surface area contributed by atoms with Gasteiger partial charge >= 0.3 is 0 Å². The molecule has 2 rings (SSSR count). The molecule has 6 heteroatoms. The van der Waals surface area contributed by atoms with Crippen LogP contribution in [-0.2, 0) is 11.2 Å². The number of hydrogen-bond donors (Lipinski definition) is 1. The van der Waals surface area contributed by atoms with Gasteiger partial charge in [-0.15, -0.1) is 0 Å². The zero-order valence-corrected chi connectivity index (χ0v) is 16.4. The molecule has 1 amide bonds. The second kappa shape index (κ2) is 9.78. The van der Waals surface area contributed by atoms with Crippen LogP contribution in [0.5, 0.6) is 11.5 Å². The van der Waals surface area contributed by atoms with E-state index >= 15 is 0 Å². The van der Waals surface area contributed by atoms with E-state index in [1.54, 1.807) is 14.2 Å². The quantitative estimate of drug-likeness (QED) is 0.762. The minimum atomic E-state index is 0.0867. The van der Waals surface area contributed by atoms with Gasteiger partial charge in [0.2, 0.25) is 5.91 Å². The molecule has 1 saturated heterocycles. The molecular formula is C20H32N2O4. The van der Waals surface area contributed by atoms with Crippen molar-refractivity contribution in [3.63, 3.8) is 0 Å². The molecule has 1 aliphatic rings. The fourth-order valence-corrected chi connectivity index (χ4v) is 3.55. The second-order valence-electron chi connectivity index (χ2n) is 7.25. The number of carbonyl (C=O) groups excluding carboxylic acids is 1. The van der Waals surface area contributed by atoms with E-state index in [0.717, 1.165) is 25.2 Å². The lowest BCUT2D eigenvalue weighted by Crippen LogP contribution is -2.56. The molecule has 1 atom stereocenters. The van der Waals surface area contributed by atoms with Crippen LogP contribution in [0.15, 0.2) is 18.2 Å². The topological polar surface area (TPSA) is 62.2 Å². The number of aliphatic hydroxyl groups is 1. The number of nitrogens with zero attached hydrogens (tertiary/aromatic N) is 2. The Morgan fingerprint density at radius 1 is 1.27 bits per heavy atom. The number of hydrogen-bond acceptors (Lipinski definition) is 5. The largest absolute Gasteiger partial charge is 0.497 e. The molecule has 1 aliphatic heterocycles. The van der Waals surface area contributed by atoms with Crippen molar-refractivity contribution in [3.8, 4) is 11.5 Å². The van der Waals surface area contributed by atoms with E-state index in [0.29, 0.717) is 30.4 Å². The standard InChI is InChI=1S/C20H32N2O4/c1-15(2)13-21-8-9-22(14-17(21)7-10-23)20(24)12-16-11-18(25-3)5-6-19(16)26-4/h5-6,11,15,17,23H,7-10,12-14H2,1-4H3/t17-/m1/s1. The van der Waals surface area contributed by atoms with E-state index < -0.39 is 0 Å². The van der Waals surface area contributed by atoms with Crippen LogP contribution < -0.4 is 9.47 Å². The van der Waals surface area contributed by atoms with Gasteiger partial charge in [0.15, 0.2) is 0 Å². The molecular weight excluding hydrogens is 332 g/mol. The zero-order valence-electron chi connectivity index (χ0n) is 16.4. The van der Waals surface area contributed by atoms with E-state index in [1.807, 2.05) is 23.1 Å². The Kier molecular flexibility index (Phi) is 7.72. The number of rotatable bonds is 8. The highest BCUT2D eigenvalue weighted by Crippen LogP contribution is 2.25. The lowest BCUT2D eigenvalue weighted by molar-refractivity contribution is -0.133. The van der Waals surface area contributed by atoms with E-state index in [1.165, 1.54) is 0 Å². The number of amides is 1. The SMILES string of the molecule is COc1ccc(OC)c(CC(=O)N2CCN(CC(C)C)[C@H](CCO)C2)c1. The number of methoxy groups -OCH3 is 2. The van der Waals surface area contributed by atoms with Gasteiger partial charge in [-0.05, 0) is 30.5 Å². The van der Waals surface area contributed by atoms with E-state index in [2.05, 4.69) is 18.7 Å². The number of ether oxygens (including phenoxy) is 2. The van der Waals surface area contributed by atoms with Gasteiger partial charge in [0.05, 0.1) is 20.6 Å². The summed E-state index contributed by atoms with van der Waals surface area (Å²) < 4.78 is 10.7. The van der Waals surface area contributed by atoms with Crippen LogP contribution in [0.3, 0.4) is 0 Å². The van der Waals surface area contributed by atoms with Crippen molar-refractivity contribution in [2.24, 2.45) is 5.92 Å². The molecule has 6 nitrogen and oxygen atoms in total. The van der Waals surface area contributed by atoms with Crippen molar-refractivity contribution < 1.29 is 19.4 Å². The molecule has 0 saturated carbocycles. The Bertz CT molecular complexity index is 591. The maximum Gasteiger partial charge on any atom is 0.227 e. The minimum absolute atomic E-state index is 0.0867. The van der Waals surface area contributed by atoms with Crippen molar-refractivity contribution in [2.45, 2.75) is 32.7 Å². The van der Waals surface area contributed by atoms with Crippen molar-refractivity contribution in [1.29, 1.82) is 0 Å². The highest BCUT2D eigenvalue weighted by atomic mass is 16.5. The molecule has 0 aromatic heterocycles. The molecule has 1 aromatic carbocycles. The van der Waals surface area contributed by atoms with Crippen molar-refractivity contribution >= 4 is 5.91 Å². The third-order valence-corrected chi connectivity index (χ3v) is 4.85. The average molecular weight is 364 g/mol. The maximum atomic E-state index is 12.9. The predicted molar refractivity (Wildman–Crippen MR) is 102 cm³/mol.